The Bertz CT molecular complexity index is 746. The van der Waals surface area contributed by atoms with Crippen molar-refractivity contribution in [3.05, 3.63) is 24.0 Å². The third kappa shape index (κ3) is 4.80. The monoisotopic (exact) mass is 401 g/mol. The van der Waals surface area contributed by atoms with Gasteiger partial charge in [-0.3, -0.25) is 14.6 Å². The zero-order valence-electron chi connectivity index (χ0n) is 15.3. The Hall–Kier alpha value is -2.19. The zero-order valence-corrected chi connectivity index (χ0v) is 15.3. The SMILES string of the molecule is NC(=O)c1cc(NC(=O)C2CC(F)(F)CCC2C2CCC(F)(F)CC2)ccn1. The summed E-state index contributed by atoms with van der Waals surface area (Å²) in [4.78, 5) is 27.8. The molecule has 2 aliphatic rings. The van der Waals surface area contributed by atoms with E-state index in [-0.39, 0.29) is 61.7 Å². The van der Waals surface area contributed by atoms with Crippen LogP contribution in [0.2, 0.25) is 0 Å². The number of anilines is 1. The van der Waals surface area contributed by atoms with Crippen molar-refractivity contribution >= 4 is 17.5 Å². The molecule has 5 nitrogen and oxygen atoms in total. The molecular formula is C19H23F4N3O2. The minimum absolute atomic E-state index is 0.0576. The fourth-order valence-corrected chi connectivity index (χ4v) is 4.37. The van der Waals surface area contributed by atoms with Gasteiger partial charge in [0, 0.05) is 43.5 Å². The Morgan fingerprint density at radius 3 is 2.36 bits per heavy atom. The second-order valence-corrected chi connectivity index (χ2v) is 7.85. The van der Waals surface area contributed by atoms with E-state index >= 15 is 0 Å². The highest BCUT2D eigenvalue weighted by molar-refractivity contribution is 5.95. The molecule has 2 aliphatic carbocycles. The number of carbonyl (C=O) groups is 2. The summed E-state index contributed by atoms with van der Waals surface area (Å²) in [6.45, 7) is 0. The summed E-state index contributed by atoms with van der Waals surface area (Å²) < 4.78 is 55.0. The lowest BCUT2D eigenvalue weighted by Crippen LogP contribution is -2.43. The largest absolute Gasteiger partial charge is 0.364 e. The molecule has 2 saturated carbocycles. The number of hydrogen-bond donors (Lipinski definition) is 2. The Labute approximate surface area is 160 Å². The molecule has 1 aromatic rings. The Kier molecular flexibility index (Phi) is 5.63. The average Bonchev–Trinajstić information content (AvgIpc) is 2.61. The number of primary amides is 1. The van der Waals surface area contributed by atoms with Gasteiger partial charge < -0.3 is 11.1 Å². The summed E-state index contributed by atoms with van der Waals surface area (Å²) in [6, 6.07) is 2.71. The van der Waals surface area contributed by atoms with Crippen molar-refractivity contribution in [1.82, 2.24) is 4.98 Å². The van der Waals surface area contributed by atoms with Crippen LogP contribution < -0.4 is 11.1 Å². The summed E-state index contributed by atoms with van der Waals surface area (Å²) in [6.07, 6.45) is 0.383. The van der Waals surface area contributed by atoms with Gasteiger partial charge in [-0.15, -0.1) is 0 Å². The molecule has 2 unspecified atom stereocenters. The van der Waals surface area contributed by atoms with Crippen LogP contribution >= 0.6 is 0 Å². The lowest BCUT2D eigenvalue weighted by Gasteiger charge is -2.42. The van der Waals surface area contributed by atoms with Gasteiger partial charge in [0.1, 0.15) is 5.69 Å². The molecule has 0 radical (unpaired) electrons. The van der Waals surface area contributed by atoms with Crippen LogP contribution in [0.1, 0.15) is 55.4 Å². The second kappa shape index (κ2) is 7.67. The maximum Gasteiger partial charge on any atom is 0.267 e. The Morgan fingerprint density at radius 1 is 1.07 bits per heavy atom. The summed E-state index contributed by atoms with van der Waals surface area (Å²) >= 11 is 0. The third-order valence-corrected chi connectivity index (χ3v) is 5.86. The molecule has 1 aromatic heterocycles. The van der Waals surface area contributed by atoms with Crippen molar-refractivity contribution in [3.8, 4) is 0 Å². The smallest absolute Gasteiger partial charge is 0.267 e. The lowest BCUT2D eigenvalue weighted by atomic mass is 9.66. The molecule has 0 aromatic carbocycles. The fourth-order valence-electron chi connectivity index (χ4n) is 4.37. The minimum Gasteiger partial charge on any atom is -0.364 e. The first-order valence-corrected chi connectivity index (χ1v) is 9.39. The first kappa shape index (κ1) is 20.5. The summed E-state index contributed by atoms with van der Waals surface area (Å²) in [5, 5.41) is 2.56. The maximum atomic E-state index is 14.0. The number of rotatable bonds is 4. The highest BCUT2D eigenvalue weighted by atomic mass is 19.3. The maximum absolute atomic E-state index is 14.0. The van der Waals surface area contributed by atoms with Gasteiger partial charge in [-0.2, -0.15) is 0 Å². The lowest BCUT2D eigenvalue weighted by molar-refractivity contribution is -0.136. The molecule has 154 valence electrons. The summed E-state index contributed by atoms with van der Waals surface area (Å²) in [5.74, 6) is -8.57. The second-order valence-electron chi connectivity index (χ2n) is 7.85. The number of alkyl halides is 4. The van der Waals surface area contributed by atoms with Gasteiger partial charge in [-0.05, 0) is 43.2 Å². The van der Waals surface area contributed by atoms with Crippen molar-refractivity contribution < 1.29 is 27.2 Å². The van der Waals surface area contributed by atoms with Crippen LogP contribution in [-0.4, -0.2) is 28.6 Å². The number of hydrogen-bond acceptors (Lipinski definition) is 3. The van der Waals surface area contributed by atoms with E-state index in [4.69, 9.17) is 5.73 Å². The van der Waals surface area contributed by atoms with E-state index < -0.39 is 36.0 Å². The predicted octanol–water partition coefficient (Wildman–Crippen LogP) is 4.00. The van der Waals surface area contributed by atoms with Crippen molar-refractivity contribution in [2.45, 2.75) is 56.8 Å². The molecule has 2 fully saturated rings. The fraction of sp³-hybridized carbons (Fsp3) is 0.632. The number of halogens is 4. The summed E-state index contributed by atoms with van der Waals surface area (Å²) in [5.41, 5.74) is 5.33. The van der Waals surface area contributed by atoms with Crippen LogP contribution in [0.5, 0.6) is 0 Å². The Balaban J connectivity index is 1.75. The topological polar surface area (TPSA) is 85.1 Å². The number of amides is 2. The van der Waals surface area contributed by atoms with E-state index in [2.05, 4.69) is 10.3 Å². The molecule has 3 N–H and O–H groups in total. The van der Waals surface area contributed by atoms with E-state index in [9.17, 15) is 27.2 Å². The number of pyridine rings is 1. The highest BCUT2D eigenvalue weighted by Gasteiger charge is 2.48. The quantitative estimate of drug-likeness (QED) is 0.748. The van der Waals surface area contributed by atoms with Gasteiger partial charge in [0.25, 0.3) is 5.91 Å². The number of nitrogens with one attached hydrogen (secondary N) is 1. The summed E-state index contributed by atoms with van der Waals surface area (Å²) in [7, 11) is 0. The molecule has 9 heteroatoms. The molecule has 28 heavy (non-hydrogen) atoms. The van der Waals surface area contributed by atoms with Crippen LogP contribution in [0.4, 0.5) is 23.2 Å². The standard InChI is InChI=1S/C19H23F4N3O2/c20-18(21)5-1-11(2-6-18)13-3-7-19(22,23)10-14(13)17(28)26-12-4-8-25-15(9-12)16(24)27/h4,8-9,11,13-14H,1-3,5-7,10H2,(H2,24,27)(H,25,26,28). The van der Waals surface area contributed by atoms with Crippen molar-refractivity contribution in [3.63, 3.8) is 0 Å². The molecule has 0 saturated heterocycles. The molecular weight excluding hydrogens is 378 g/mol. The van der Waals surface area contributed by atoms with E-state index in [1.807, 2.05) is 0 Å². The van der Waals surface area contributed by atoms with Crippen LogP contribution in [0.25, 0.3) is 0 Å². The van der Waals surface area contributed by atoms with E-state index in [0.717, 1.165) is 0 Å². The van der Waals surface area contributed by atoms with Gasteiger partial charge in [0.15, 0.2) is 0 Å². The molecule has 1 heterocycles. The van der Waals surface area contributed by atoms with Crippen LogP contribution in [0, 0.1) is 17.8 Å². The molecule has 2 atom stereocenters. The van der Waals surface area contributed by atoms with Crippen molar-refractivity contribution in [2.24, 2.45) is 23.5 Å². The first-order chi connectivity index (χ1) is 13.1. The molecule has 0 bridgehead atoms. The van der Waals surface area contributed by atoms with Gasteiger partial charge in [0.2, 0.25) is 17.8 Å². The number of aromatic nitrogens is 1. The predicted molar refractivity (Wildman–Crippen MR) is 94.1 cm³/mol. The highest BCUT2D eigenvalue weighted by Crippen LogP contribution is 2.49. The minimum atomic E-state index is -2.96. The number of carbonyl (C=O) groups excluding carboxylic acids is 2. The van der Waals surface area contributed by atoms with Gasteiger partial charge in [-0.25, -0.2) is 17.6 Å². The zero-order chi connectivity index (χ0) is 20.5. The number of nitrogens with two attached hydrogens (primary N) is 1. The van der Waals surface area contributed by atoms with Crippen LogP contribution in [-0.2, 0) is 4.79 Å². The van der Waals surface area contributed by atoms with E-state index in [1.165, 1.54) is 18.3 Å². The molecule has 0 spiro atoms. The number of nitrogens with zero attached hydrogens (tertiary/aromatic N) is 1. The normalized spacial score (nSPS) is 27.1. The van der Waals surface area contributed by atoms with Crippen LogP contribution in [0.15, 0.2) is 18.3 Å². The van der Waals surface area contributed by atoms with E-state index in [1.54, 1.807) is 0 Å². The molecule has 0 aliphatic heterocycles. The van der Waals surface area contributed by atoms with Gasteiger partial charge >= 0.3 is 0 Å². The molecule has 2 amide bonds. The Morgan fingerprint density at radius 2 is 1.71 bits per heavy atom. The van der Waals surface area contributed by atoms with E-state index in [0.29, 0.717) is 0 Å². The van der Waals surface area contributed by atoms with Crippen LogP contribution in [0.3, 0.4) is 0 Å². The van der Waals surface area contributed by atoms with Gasteiger partial charge in [-0.1, -0.05) is 0 Å². The molecule has 3 rings (SSSR count). The van der Waals surface area contributed by atoms with Crippen molar-refractivity contribution in [2.75, 3.05) is 5.32 Å². The average molecular weight is 401 g/mol. The first-order valence-electron chi connectivity index (χ1n) is 9.39. The van der Waals surface area contributed by atoms with Crippen molar-refractivity contribution in [1.29, 1.82) is 0 Å². The van der Waals surface area contributed by atoms with Gasteiger partial charge in [0.05, 0.1) is 0 Å². The third-order valence-electron chi connectivity index (χ3n) is 5.86.